The van der Waals surface area contributed by atoms with Crippen LogP contribution in [0.15, 0.2) is 29.2 Å². The summed E-state index contributed by atoms with van der Waals surface area (Å²) in [6.07, 6.45) is 2.99. The molecule has 0 saturated carbocycles. The summed E-state index contributed by atoms with van der Waals surface area (Å²) >= 11 is 6.24. The molecule has 1 saturated heterocycles. The van der Waals surface area contributed by atoms with E-state index in [-0.39, 0.29) is 15.1 Å². The van der Waals surface area contributed by atoms with Crippen molar-refractivity contribution in [3.63, 3.8) is 0 Å². The number of hydrogen-bond acceptors (Lipinski definition) is 5. The van der Waals surface area contributed by atoms with Crippen molar-refractivity contribution in [3.8, 4) is 0 Å². The molecule has 0 aromatic heterocycles. The van der Waals surface area contributed by atoms with Crippen LogP contribution in [-0.2, 0) is 14.4 Å². The lowest BCUT2D eigenvalue weighted by Gasteiger charge is -2.16. The van der Waals surface area contributed by atoms with Crippen LogP contribution in [0.5, 0.6) is 0 Å². The number of rotatable bonds is 5. The number of para-hydroxylation sites is 1. The predicted octanol–water partition coefficient (Wildman–Crippen LogP) is 2.85. The highest BCUT2D eigenvalue weighted by atomic mass is 32.2. The molecule has 1 N–H and O–H groups in total. The van der Waals surface area contributed by atoms with E-state index in [1.54, 1.807) is 4.90 Å². The van der Waals surface area contributed by atoms with Gasteiger partial charge in [-0.3, -0.25) is 19.8 Å². The smallest absolute Gasteiger partial charge is 0.286 e. The number of thioether (sulfide) groups is 1. The minimum Gasteiger partial charge on any atom is -0.308 e. The van der Waals surface area contributed by atoms with Gasteiger partial charge in [0.15, 0.2) is 4.32 Å². The number of carbonyl (C=O) groups is 3. The molecule has 0 bridgehead atoms. The van der Waals surface area contributed by atoms with Gasteiger partial charge in [-0.2, -0.15) is 5.01 Å². The van der Waals surface area contributed by atoms with Crippen molar-refractivity contribution in [3.05, 3.63) is 34.7 Å². The standard InChI is InChI=1S/C18H19N3O3S2/c1-3-4-7-10-20-13-9-6-5-8-12(13)14(16(20)23)15-17(24)21(18(25)26-15)19-11(2)22/h5-6,8-9H,3-4,7,10H2,1-2H3,(H,19,22)/b15-14-. The van der Waals surface area contributed by atoms with E-state index in [1.807, 2.05) is 24.3 Å². The quantitative estimate of drug-likeness (QED) is 0.476. The van der Waals surface area contributed by atoms with E-state index >= 15 is 0 Å². The summed E-state index contributed by atoms with van der Waals surface area (Å²) in [5.74, 6) is -1.05. The molecule has 6 nitrogen and oxygen atoms in total. The third kappa shape index (κ3) is 3.26. The Morgan fingerprint density at radius 2 is 1.92 bits per heavy atom. The van der Waals surface area contributed by atoms with Crippen molar-refractivity contribution in [2.24, 2.45) is 0 Å². The van der Waals surface area contributed by atoms with Crippen LogP contribution >= 0.6 is 24.0 Å². The number of fused-ring (bicyclic) bond motifs is 1. The SMILES string of the molecule is CCCCCN1C(=O)/C(=C2\SC(=S)N(NC(C)=O)C2=O)c2ccccc21. The van der Waals surface area contributed by atoms with E-state index in [0.717, 1.165) is 47.3 Å². The Morgan fingerprint density at radius 3 is 2.62 bits per heavy atom. The normalized spacial score (nSPS) is 19.4. The molecular formula is C18H19N3O3S2. The average Bonchev–Trinajstić information content (AvgIpc) is 3.03. The van der Waals surface area contributed by atoms with Crippen molar-refractivity contribution in [1.82, 2.24) is 10.4 Å². The lowest BCUT2D eigenvalue weighted by Crippen LogP contribution is -2.43. The molecule has 0 aliphatic carbocycles. The van der Waals surface area contributed by atoms with Crippen LogP contribution < -0.4 is 10.3 Å². The van der Waals surface area contributed by atoms with Gasteiger partial charge in [-0.25, -0.2) is 0 Å². The summed E-state index contributed by atoms with van der Waals surface area (Å²) in [4.78, 5) is 39.1. The van der Waals surface area contributed by atoms with Crippen molar-refractivity contribution >= 4 is 57.3 Å². The Kier molecular flexibility index (Phi) is 5.43. The lowest BCUT2D eigenvalue weighted by atomic mass is 10.1. The van der Waals surface area contributed by atoms with Crippen LogP contribution in [-0.4, -0.2) is 33.6 Å². The highest BCUT2D eigenvalue weighted by Gasteiger charge is 2.42. The topological polar surface area (TPSA) is 69.7 Å². The number of amides is 3. The van der Waals surface area contributed by atoms with E-state index in [1.165, 1.54) is 6.92 Å². The van der Waals surface area contributed by atoms with Crippen LogP contribution in [0.2, 0.25) is 0 Å². The number of nitrogens with one attached hydrogen (secondary N) is 1. The van der Waals surface area contributed by atoms with Gasteiger partial charge in [0.05, 0.1) is 16.2 Å². The van der Waals surface area contributed by atoms with Crippen molar-refractivity contribution < 1.29 is 14.4 Å². The number of hydrazine groups is 1. The van der Waals surface area contributed by atoms with Crippen LogP contribution in [0.25, 0.3) is 5.57 Å². The number of carbonyl (C=O) groups excluding carboxylic acids is 3. The maximum atomic E-state index is 13.1. The Balaban J connectivity index is 2.01. The number of hydrogen-bond donors (Lipinski definition) is 1. The van der Waals surface area contributed by atoms with Gasteiger partial charge in [-0.15, -0.1) is 0 Å². The third-order valence-electron chi connectivity index (χ3n) is 4.17. The zero-order valence-corrected chi connectivity index (χ0v) is 16.2. The average molecular weight is 390 g/mol. The molecule has 8 heteroatoms. The van der Waals surface area contributed by atoms with Crippen LogP contribution in [0, 0.1) is 0 Å². The Bertz CT molecular complexity index is 835. The monoisotopic (exact) mass is 389 g/mol. The lowest BCUT2D eigenvalue weighted by molar-refractivity contribution is -0.132. The Morgan fingerprint density at radius 1 is 1.19 bits per heavy atom. The summed E-state index contributed by atoms with van der Waals surface area (Å²) in [5, 5.41) is 1.03. The number of benzene rings is 1. The Hall–Kier alpha value is -2.19. The van der Waals surface area contributed by atoms with E-state index in [0.29, 0.717) is 12.1 Å². The Labute approximate surface area is 161 Å². The summed E-state index contributed by atoms with van der Waals surface area (Å²) < 4.78 is 0.211. The van der Waals surface area contributed by atoms with Crippen molar-refractivity contribution in [1.29, 1.82) is 0 Å². The fourth-order valence-electron chi connectivity index (χ4n) is 3.01. The number of unbranched alkanes of at least 4 members (excludes halogenated alkanes) is 2. The maximum absolute atomic E-state index is 13.1. The molecule has 0 spiro atoms. The summed E-state index contributed by atoms with van der Waals surface area (Å²) in [6, 6.07) is 7.45. The maximum Gasteiger partial charge on any atom is 0.286 e. The largest absolute Gasteiger partial charge is 0.308 e. The molecular weight excluding hydrogens is 370 g/mol. The highest BCUT2D eigenvalue weighted by molar-refractivity contribution is 8.26. The van der Waals surface area contributed by atoms with Crippen molar-refractivity contribution in [2.75, 3.05) is 11.4 Å². The molecule has 3 amide bonds. The summed E-state index contributed by atoms with van der Waals surface area (Å²) in [7, 11) is 0. The first-order valence-electron chi connectivity index (χ1n) is 8.44. The predicted molar refractivity (Wildman–Crippen MR) is 106 cm³/mol. The van der Waals surface area contributed by atoms with Gasteiger partial charge >= 0.3 is 0 Å². The third-order valence-corrected chi connectivity index (χ3v) is 5.55. The second-order valence-electron chi connectivity index (χ2n) is 6.06. The van der Waals surface area contributed by atoms with Crippen LogP contribution in [0.4, 0.5) is 5.69 Å². The molecule has 0 radical (unpaired) electrons. The second-order valence-corrected chi connectivity index (χ2v) is 7.71. The molecule has 1 aromatic rings. The fourth-order valence-corrected chi connectivity index (χ4v) is 4.27. The number of nitrogens with zero attached hydrogens (tertiary/aromatic N) is 2. The zero-order chi connectivity index (χ0) is 18.8. The molecule has 136 valence electrons. The van der Waals surface area contributed by atoms with Gasteiger partial charge in [0.1, 0.15) is 0 Å². The minimum atomic E-state index is -0.469. The van der Waals surface area contributed by atoms with Gasteiger partial charge in [0, 0.05) is 19.0 Å². The van der Waals surface area contributed by atoms with E-state index in [2.05, 4.69) is 12.3 Å². The molecule has 26 heavy (non-hydrogen) atoms. The molecule has 1 aromatic carbocycles. The van der Waals surface area contributed by atoms with Crippen LogP contribution in [0.1, 0.15) is 38.7 Å². The van der Waals surface area contributed by atoms with Gasteiger partial charge in [-0.05, 0) is 24.7 Å². The first kappa shape index (κ1) is 18.6. The van der Waals surface area contributed by atoms with E-state index < -0.39 is 11.8 Å². The first-order chi connectivity index (χ1) is 12.5. The summed E-state index contributed by atoms with van der Waals surface area (Å²) in [5.41, 5.74) is 4.32. The van der Waals surface area contributed by atoms with Gasteiger partial charge in [0.2, 0.25) is 5.91 Å². The van der Waals surface area contributed by atoms with Gasteiger partial charge < -0.3 is 4.90 Å². The molecule has 1 fully saturated rings. The first-order valence-corrected chi connectivity index (χ1v) is 9.67. The number of anilines is 1. The molecule has 0 atom stereocenters. The number of thiocarbonyl (C=S) groups is 1. The zero-order valence-electron chi connectivity index (χ0n) is 14.6. The molecule has 3 rings (SSSR count). The highest BCUT2D eigenvalue weighted by Crippen LogP contribution is 2.44. The second kappa shape index (κ2) is 7.59. The van der Waals surface area contributed by atoms with E-state index in [9.17, 15) is 14.4 Å². The van der Waals surface area contributed by atoms with Gasteiger partial charge in [-0.1, -0.05) is 49.7 Å². The molecule has 2 aliphatic rings. The molecule has 2 heterocycles. The summed E-state index contributed by atoms with van der Waals surface area (Å²) in [6.45, 7) is 4.02. The molecule has 2 aliphatic heterocycles. The van der Waals surface area contributed by atoms with E-state index in [4.69, 9.17) is 12.2 Å². The van der Waals surface area contributed by atoms with Crippen molar-refractivity contribution in [2.45, 2.75) is 33.1 Å². The van der Waals surface area contributed by atoms with Crippen LogP contribution in [0.3, 0.4) is 0 Å². The minimum absolute atomic E-state index is 0.189. The molecule has 0 unspecified atom stereocenters. The fraction of sp³-hybridized carbons (Fsp3) is 0.333. The van der Waals surface area contributed by atoms with Gasteiger partial charge in [0.25, 0.3) is 11.8 Å².